The SMILES string of the molecule is CCC(C)NC(=O)CN1C(=O)/C(=C/c2ccccc2F)Sc2ccccc21. The normalized spacial score (nSPS) is 16.2. The molecule has 0 bridgehead atoms. The first-order valence-electron chi connectivity index (χ1n) is 8.84. The van der Waals surface area contributed by atoms with E-state index in [1.54, 1.807) is 18.2 Å². The van der Waals surface area contributed by atoms with Crippen molar-refractivity contribution in [2.45, 2.75) is 31.2 Å². The van der Waals surface area contributed by atoms with Crippen molar-refractivity contribution in [2.24, 2.45) is 0 Å². The maximum Gasteiger partial charge on any atom is 0.265 e. The fourth-order valence-corrected chi connectivity index (χ4v) is 3.77. The van der Waals surface area contributed by atoms with Crippen molar-refractivity contribution in [2.75, 3.05) is 11.4 Å². The van der Waals surface area contributed by atoms with Crippen LogP contribution in [0.1, 0.15) is 25.8 Å². The van der Waals surface area contributed by atoms with Crippen molar-refractivity contribution in [1.29, 1.82) is 0 Å². The Bertz CT molecular complexity index is 897. The molecular weight excluding hydrogens is 363 g/mol. The molecule has 1 aliphatic rings. The number of amides is 2. The van der Waals surface area contributed by atoms with Gasteiger partial charge in [-0.3, -0.25) is 14.5 Å². The lowest BCUT2D eigenvalue weighted by atomic mass is 10.2. The van der Waals surface area contributed by atoms with Crippen LogP contribution in [-0.4, -0.2) is 24.4 Å². The number of carbonyl (C=O) groups is 2. The van der Waals surface area contributed by atoms with E-state index in [1.165, 1.54) is 28.8 Å². The molecule has 0 saturated heterocycles. The summed E-state index contributed by atoms with van der Waals surface area (Å²) >= 11 is 1.29. The first-order chi connectivity index (χ1) is 13.0. The fraction of sp³-hybridized carbons (Fsp3) is 0.238. The van der Waals surface area contributed by atoms with Gasteiger partial charge in [0.15, 0.2) is 0 Å². The van der Waals surface area contributed by atoms with E-state index >= 15 is 0 Å². The molecule has 2 aromatic carbocycles. The Morgan fingerprint density at radius 2 is 1.93 bits per heavy atom. The van der Waals surface area contributed by atoms with Gasteiger partial charge in [0.05, 0.1) is 10.6 Å². The predicted molar refractivity (Wildman–Crippen MR) is 107 cm³/mol. The number of fused-ring (bicyclic) bond motifs is 1. The highest BCUT2D eigenvalue weighted by Crippen LogP contribution is 2.42. The van der Waals surface area contributed by atoms with Gasteiger partial charge in [-0.05, 0) is 37.6 Å². The quantitative estimate of drug-likeness (QED) is 0.786. The number of hydrogen-bond donors (Lipinski definition) is 1. The third-order valence-corrected chi connectivity index (χ3v) is 5.42. The van der Waals surface area contributed by atoms with Crippen LogP contribution in [0.25, 0.3) is 6.08 Å². The van der Waals surface area contributed by atoms with Gasteiger partial charge in [-0.2, -0.15) is 0 Å². The third-order valence-electron chi connectivity index (χ3n) is 4.35. The summed E-state index contributed by atoms with van der Waals surface area (Å²) in [6, 6.07) is 13.8. The summed E-state index contributed by atoms with van der Waals surface area (Å²) in [5.41, 5.74) is 1.04. The maximum absolute atomic E-state index is 14.0. The van der Waals surface area contributed by atoms with Crippen LogP contribution in [0.15, 0.2) is 58.3 Å². The minimum atomic E-state index is -0.390. The predicted octanol–water partition coefficient (Wildman–Crippen LogP) is 4.22. The molecule has 0 aromatic heterocycles. The van der Waals surface area contributed by atoms with Gasteiger partial charge in [0.2, 0.25) is 5.91 Å². The van der Waals surface area contributed by atoms with Crippen LogP contribution in [0.4, 0.5) is 10.1 Å². The van der Waals surface area contributed by atoms with Gasteiger partial charge in [0.1, 0.15) is 12.4 Å². The number of nitrogens with zero attached hydrogens (tertiary/aromatic N) is 1. The van der Waals surface area contributed by atoms with E-state index in [-0.39, 0.29) is 24.4 Å². The molecule has 6 heteroatoms. The van der Waals surface area contributed by atoms with Crippen LogP contribution in [0.3, 0.4) is 0 Å². The van der Waals surface area contributed by atoms with Gasteiger partial charge in [-0.25, -0.2) is 4.39 Å². The fourth-order valence-electron chi connectivity index (χ4n) is 2.72. The number of nitrogens with one attached hydrogen (secondary N) is 1. The van der Waals surface area contributed by atoms with Crippen molar-refractivity contribution in [3.63, 3.8) is 0 Å². The van der Waals surface area contributed by atoms with Crippen LogP contribution in [-0.2, 0) is 9.59 Å². The molecule has 27 heavy (non-hydrogen) atoms. The van der Waals surface area contributed by atoms with Crippen molar-refractivity contribution in [3.05, 3.63) is 64.8 Å². The Labute approximate surface area is 162 Å². The Morgan fingerprint density at radius 1 is 1.22 bits per heavy atom. The second kappa shape index (κ2) is 8.39. The molecule has 0 saturated carbocycles. The Balaban J connectivity index is 1.93. The highest BCUT2D eigenvalue weighted by atomic mass is 32.2. The van der Waals surface area contributed by atoms with Crippen LogP contribution in [0, 0.1) is 5.82 Å². The van der Waals surface area contributed by atoms with Crippen molar-refractivity contribution in [1.82, 2.24) is 5.32 Å². The standard InChI is InChI=1S/C21H21FN2O2S/c1-3-14(2)23-20(25)13-24-17-10-6-7-11-18(17)27-19(21(24)26)12-15-8-4-5-9-16(15)22/h4-12,14H,3,13H2,1-2H3,(H,23,25)/b19-12-. The molecule has 0 spiro atoms. The van der Waals surface area contributed by atoms with Gasteiger partial charge < -0.3 is 5.32 Å². The largest absolute Gasteiger partial charge is 0.352 e. The third kappa shape index (κ3) is 4.39. The number of halogens is 1. The van der Waals surface area contributed by atoms with Gasteiger partial charge in [-0.15, -0.1) is 0 Å². The summed E-state index contributed by atoms with van der Waals surface area (Å²) in [6.45, 7) is 3.83. The summed E-state index contributed by atoms with van der Waals surface area (Å²) < 4.78 is 14.0. The van der Waals surface area contributed by atoms with E-state index in [0.29, 0.717) is 16.2 Å². The second-order valence-corrected chi connectivity index (χ2v) is 7.45. The van der Waals surface area contributed by atoms with Crippen molar-refractivity contribution >= 4 is 35.3 Å². The number of para-hydroxylation sites is 1. The van der Waals surface area contributed by atoms with Crippen LogP contribution in [0.2, 0.25) is 0 Å². The number of rotatable bonds is 5. The topological polar surface area (TPSA) is 49.4 Å². The number of thioether (sulfide) groups is 1. The molecule has 4 nitrogen and oxygen atoms in total. The van der Waals surface area contributed by atoms with Gasteiger partial charge >= 0.3 is 0 Å². The Morgan fingerprint density at radius 3 is 2.67 bits per heavy atom. The average Bonchev–Trinajstić information content (AvgIpc) is 2.66. The van der Waals surface area contributed by atoms with Crippen molar-refractivity contribution < 1.29 is 14.0 Å². The first-order valence-corrected chi connectivity index (χ1v) is 9.65. The maximum atomic E-state index is 14.0. The zero-order chi connectivity index (χ0) is 19.4. The molecule has 140 valence electrons. The molecule has 0 radical (unpaired) electrons. The lowest BCUT2D eigenvalue weighted by Crippen LogP contribution is -2.44. The molecule has 3 rings (SSSR count). The number of hydrogen-bond acceptors (Lipinski definition) is 3. The summed E-state index contributed by atoms with van der Waals surface area (Å²) in [5.74, 6) is -0.913. The van der Waals surface area contributed by atoms with Gasteiger partial charge in [-0.1, -0.05) is 49.0 Å². The van der Waals surface area contributed by atoms with Crippen LogP contribution in [0.5, 0.6) is 0 Å². The van der Waals surface area contributed by atoms with Crippen molar-refractivity contribution in [3.8, 4) is 0 Å². The van der Waals surface area contributed by atoms with E-state index in [0.717, 1.165) is 11.3 Å². The van der Waals surface area contributed by atoms with E-state index in [1.807, 2.05) is 38.1 Å². The molecule has 2 aromatic rings. The lowest BCUT2D eigenvalue weighted by molar-refractivity contribution is -0.122. The molecule has 0 fully saturated rings. The summed E-state index contributed by atoms with van der Waals surface area (Å²) in [7, 11) is 0. The molecule has 1 unspecified atom stereocenters. The highest BCUT2D eigenvalue weighted by molar-refractivity contribution is 8.04. The molecule has 1 heterocycles. The second-order valence-electron chi connectivity index (χ2n) is 6.37. The van der Waals surface area contributed by atoms with Crippen LogP contribution < -0.4 is 10.2 Å². The average molecular weight is 384 g/mol. The zero-order valence-corrected chi connectivity index (χ0v) is 16.1. The summed E-state index contributed by atoms with van der Waals surface area (Å²) in [6.07, 6.45) is 2.35. The minimum absolute atomic E-state index is 0.0374. The molecule has 1 N–H and O–H groups in total. The molecule has 0 aliphatic carbocycles. The minimum Gasteiger partial charge on any atom is -0.352 e. The summed E-state index contributed by atoms with van der Waals surface area (Å²) in [4.78, 5) is 28.1. The van der Waals surface area contributed by atoms with Gasteiger partial charge in [0.25, 0.3) is 5.91 Å². The zero-order valence-electron chi connectivity index (χ0n) is 15.2. The molecule has 1 aliphatic heterocycles. The number of carbonyl (C=O) groups excluding carboxylic acids is 2. The van der Waals surface area contributed by atoms with E-state index in [2.05, 4.69) is 5.32 Å². The lowest BCUT2D eigenvalue weighted by Gasteiger charge is -2.30. The van der Waals surface area contributed by atoms with Gasteiger partial charge in [0, 0.05) is 16.5 Å². The summed E-state index contributed by atoms with van der Waals surface area (Å²) in [5, 5.41) is 2.88. The monoisotopic (exact) mass is 384 g/mol. The number of anilines is 1. The highest BCUT2D eigenvalue weighted by Gasteiger charge is 2.30. The van der Waals surface area contributed by atoms with E-state index in [4.69, 9.17) is 0 Å². The smallest absolute Gasteiger partial charge is 0.265 e. The molecule has 1 atom stereocenters. The first kappa shape index (κ1) is 19.2. The number of benzene rings is 2. The Kier molecular flexibility index (Phi) is 5.96. The molecule has 2 amide bonds. The molecular formula is C21H21FN2O2S. The van der Waals surface area contributed by atoms with E-state index in [9.17, 15) is 14.0 Å². The Hall–Kier alpha value is -2.60. The van der Waals surface area contributed by atoms with Crippen LogP contribution >= 0.6 is 11.8 Å². The van der Waals surface area contributed by atoms with E-state index < -0.39 is 5.82 Å².